The van der Waals surface area contributed by atoms with Crippen molar-refractivity contribution in [1.29, 1.82) is 0 Å². The molecule has 0 saturated carbocycles. The average molecular weight is 484 g/mol. The fourth-order valence-corrected chi connectivity index (χ4v) is 4.10. The summed E-state index contributed by atoms with van der Waals surface area (Å²) >= 11 is 1.11. The number of thiazole rings is 1. The third-order valence-electron chi connectivity index (χ3n) is 4.73. The molecule has 0 spiro atoms. The third kappa shape index (κ3) is 6.60. The van der Waals surface area contributed by atoms with E-state index in [0.717, 1.165) is 36.8 Å². The summed E-state index contributed by atoms with van der Waals surface area (Å²) in [6.45, 7) is 3.92. The minimum absolute atomic E-state index is 0. The first-order valence-corrected chi connectivity index (χ1v) is 11.2. The van der Waals surface area contributed by atoms with Crippen LogP contribution in [-0.4, -0.2) is 49.6 Å². The smallest absolute Gasteiger partial charge is 0.260 e. The van der Waals surface area contributed by atoms with Crippen LogP contribution in [0.4, 0.5) is 13.9 Å². The Hall–Kier alpha value is -2.29. The van der Waals surface area contributed by atoms with Gasteiger partial charge >= 0.3 is 0 Å². The van der Waals surface area contributed by atoms with Gasteiger partial charge < -0.3 is 9.64 Å². The Bertz CT molecular complexity index is 1030. The van der Waals surface area contributed by atoms with E-state index in [-0.39, 0.29) is 23.8 Å². The van der Waals surface area contributed by atoms with Gasteiger partial charge in [0.25, 0.3) is 5.91 Å². The molecule has 0 bridgehead atoms. The predicted molar refractivity (Wildman–Crippen MR) is 128 cm³/mol. The number of amides is 1. The molecule has 0 aliphatic carbocycles. The van der Waals surface area contributed by atoms with E-state index in [1.165, 1.54) is 6.07 Å². The molecule has 1 amide bonds. The lowest BCUT2D eigenvalue weighted by Gasteiger charge is -2.21. The summed E-state index contributed by atoms with van der Waals surface area (Å²) in [5, 5.41) is 0.353. The number of nitrogens with zero attached hydrogens (tertiary/aromatic N) is 3. The van der Waals surface area contributed by atoms with Crippen LogP contribution < -0.4 is 9.64 Å². The Morgan fingerprint density at radius 2 is 1.81 bits per heavy atom. The van der Waals surface area contributed by atoms with Crippen LogP contribution >= 0.6 is 23.7 Å². The summed E-state index contributed by atoms with van der Waals surface area (Å²) < 4.78 is 33.8. The maximum Gasteiger partial charge on any atom is 0.260 e. The SMILES string of the molecule is CCCCOc1ccc(C(=O)N(CCCN(C)C)c2nc3c(F)cc(F)cc3s2)cc1.Cl. The second kappa shape index (κ2) is 12.1. The van der Waals surface area contributed by atoms with Crippen molar-refractivity contribution >= 4 is 45.0 Å². The first-order valence-electron chi connectivity index (χ1n) is 10.3. The summed E-state index contributed by atoms with van der Waals surface area (Å²) in [7, 11) is 3.92. The number of carbonyl (C=O) groups excluding carboxylic acids is 1. The predicted octanol–water partition coefficient (Wildman–Crippen LogP) is 5.77. The first-order chi connectivity index (χ1) is 14.9. The van der Waals surface area contributed by atoms with Crippen molar-refractivity contribution in [3.63, 3.8) is 0 Å². The van der Waals surface area contributed by atoms with E-state index in [9.17, 15) is 13.6 Å². The van der Waals surface area contributed by atoms with E-state index in [4.69, 9.17) is 4.74 Å². The summed E-state index contributed by atoms with van der Waals surface area (Å²) in [5.41, 5.74) is 0.560. The highest BCUT2D eigenvalue weighted by atomic mass is 35.5. The molecule has 9 heteroatoms. The van der Waals surface area contributed by atoms with Crippen molar-refractivity contribution in [3.8, 4) is 5.75 Å². The van der Waals surface area contributed by atoms with Gasteiger partial charge in [-0.05, 0) is 63.8 Å². The lowest BCUT2D eigenvalue weighted by molar-refractivity contribution is 0.0986. The number of anilines is 1. The van der Waals surface area contributed by atoms with Crippen LogP contribution in [0.5, 0.6) is 5.75 Å². The molecule has 2 aromatic carbocycles. The molecule has 0 fully saturated rings. The highest BCUT2D eigenvalue weighted by molar-refractivity contribution is 7.22. The van der Waals surface area contributed by atoms with Crippen LogP contribution in [0.2, 0.25) is 0 Å². The highest BCUT2D eigenvalue weighted by Crippen LogP contribution is 2.32. The van der Waals surface area contributed by atoms with E-state index < -0.39 is 11.6 Å². The average Bonchev–Trinajstić information content (AvgIpc) is 3.15. The standard InChI is InChI=1S/C23H27F2N3O2S.ClH/c1-4-5-13-30-18-9-7-16(8-10-18)22(29)28(12-6-11-27(2)3)23-26-21-19(25)14-17(24)15-20(21)31-23;/h7-10,14-15H,4-6,11-13H2,1-3H3;1H. The van der Waals surface area contributed by atoms with Crippen molar-refractivity contribution in [2.75, 3.05) is 38.7 Å². The lowest BCUT2D eigenvalue weighted by Crippen LogP contribution is -2.33. The highest BCUT2D eigenvalue weighted by Gasteiger charge is 2.22. The summed E-state index contributed by atoms with van der Waals surface area (Å²) in [6.07, 6.45) is 2.73. The van der Waals surface area contributed by atoms with E-state index in [0.29, 0.717) is 40.7 Å². The molecular weight excluding hydrogens is 456 g/mol. The topological polar surface area (TPSA) is 45.7 Å². The van der Waals surface area contributed by atoms with E-state index in [1.807, 2.05) is 19.0 Å². The van der Waals surface area contributed by atoms with Crippen molar-refractivity contribution in [1.82, 2.24) is 9.88 Å². The molecule has 1 aromatic heterocycles. The van der Waals surface area contributed by atoms with E-state index in [1.54, 1.807) is 29.2 Å². The van der Waals surface area contributed by atoms with Gasteiger partial charge in [0.05, 0.1) is 11.3 Å². The second-order valence-electron chi connectivity index (χ2n) is 7.57. The molecule has 3 rings (SSSR count). The van der Waals surface area contributed by atoms with Crippen LogP contribution in [0, 0.1) is 11.6 Å². The maximum absolute atomic E-state index is 14.2. The number of ether oxygens (including phenoxy) is 1. The quantitative estimate of drug-likeness (QED) is 0.343. The number of rotatable bonds is 10. The minimum atomic E-state index is -0.730. The maximum atomic E-state index is 14.2. The van der Waals surface area contributed by atoms with Gasteiger partial charge in [-0.3, -0.25) is 9.69 Å². The number of hydrogen-bond donors (Lipinski definition) is 0. The number of aromatic nitrogens is 1. The molecule has 0 aliphatic rings. The van der Waals surface area contributed by atoms with Gasteiger partial charge in [-0.1, -0.05) is 24.7 Å². The Labute approximate surface area is 197 Å². The molecule has 3 aromatic rings. The van der Waals surface area contributed by atoms with Gasteiger partial charge in [0.1, 0.15) is 17.1 Å². The molecule has 0 radical (unpaired) electrons. The monoisotopic (exact) mass is 483 g/mol. The largest absolute Gasteiger partial charge is 0.494 e. The Morgan fingerprint density at radius 1 is 1.09 bits per heavy atom. The van der Waals surface area contributed by atoms with Gasteiger partial charge in [-0.15, -0.1) is 12.4 Å². The van der Waals surface area contributed by atoms with E-state index >= 15 is 0 Å². The Kier molecular flexibility index (Phi) is 9.81. The number of carbonyl (C=O) groups is 1. The molecular formula is C23H28ClF2N3O2S. The molecule has 0 atom stereocenters. The zero-order chi connectivity index (χ0) is 22.4. The van der Waals surface area contributed by atoms with Crippen LogP contribution in [0.1, 0.15) is 36.5 Å². The summed E-state index contributed by atoms with van der Waals surface area (Å²) in [4.78, 5) is 21.2. The zero-order valence-corrected chi connectivity index (χ0v) is 20.1. The van der Waals surface area contributed by atoms with Crippen LogP contribution in [0.25, 0.3) is 10.2 Å². The van der Waals surface area contributed by atoms with Crippen molar-refractivity contribution in [2.45, 2.75) is 26.2 Å². The van der Waals surface area contributed by atoms with Crippen LogP contribution in [0.15, 0.2) is 36.4 Å². The number of halogens is 3. The van der Waals surface area contributed by atoms with Crippen molar-refractivity contribution < 1.29 is 18.3 Å². The molecule has 0 aliphatic heterocycles. The number of hydrogen-bond acceptors (Lipinski definition) is 5. The molecule has 0 saturated heterocycles. The minimum Gasteiger partial charge on any atom is -0.494 e. The van der Waals surface area contributed by atoms with E-state index in [2.05, 4.69) is 11.9 Å². The lowest BCUT2D eigenvalue weighted by atomic mass is 10.2. The number of unbranched alkanes of at least 4 members (excludes halogenated alkanes) is 1. The second-order valence-corrected chi connectivity index (χ2v) is 8.58. The number of benzene rings is 2. The van der Waals surface area contributed by atoms with Crippen molar-refractivity contribution in [2.24, 2.45) is 0 Å². The normalized spacial score (nSPS) is 10.9. The molecule has 32 heavy (non-hydrogen) atoms. The molecule has 1 heterocycles. The fraction of sp³-hybridized carbons (Fsp3) is 0.391. The van der Waals surface area contributed by atoms with Crippen molar-refractivity contribution in [3.05, 3.63) is 53.6 Å². The van der Waals surface area contributed by atoms with Gasteiger partial charge in [0.2, 0.25) is 0 Å². The number of fused-ring (bicyclic) bond motifs is 1. The van der Waals surface area contributed by atoms with Gasteiger partial charge in [-0.2, -0.15) is 0 Å². The Balaban J connectivity index is 0.00000363. The molecule has 174 valence electrons. The third-order valence-corrected chi connectivity index (χ3v) is 5.76. The molecule has 0 unspecified atom stereocenters. The molecule has 5 nitrogen and oxygen atoms in total. The zero-order valence-electron chi connectivity index (χ0n) is 18.4. The van der Waals surface area contributed by atoms with Gasteiger partial charge in [0.15, 0.2) is 10.9 Å². The van der Waals surface area contributed by atoms with Gasteiger partial charge in [0, 0.05) is 18.2 Å². The Morgan fingerprint density at radius 3 is 2.47 bits per heavy atom. The first kappa shape index (κ1) is 26.0. The van der Waals surface area contributed by atoms with Gasteiger partial charge in [-0.25, -0.2) is 13.8 Å². The van der Waals surface area contributed by atoms with Crippen LogP contribution in [-0.2, 0) is 0 Å². The summed E-state index contributed by atoms with van der Waals surface area (Å²) in [5.74, 6) is -0.920. The van der Waals surface area contributed by atoms with Crippen LogP contribution in [0.3, 0.4) is 0 Å². The fourth-order valence-electron chi connectivity index (χ4n) is 3.07. The molecule has 0 N–H and O–H groups in total. The summed E-state index contributed by atoms with van der Waals surface area (Å²) in [6, 6.07) is 9.03.